The van der Waals surface area contributed by atoms with Gasteiger partial charge < -0.3 is 8.83 Å². The van der Waals surface area contributed by atoms with Gasteiger partial charge in [-0.05, 0) is 99.1 Å². The summed E-state index contributed by atoms with van der Waals surface area (Å²) in [6, 6.07) is 76.0. The second-order valence-corrected chi connectivity index (χ2v) is 16.5. The van der Waals surface area contributed by atoms with Crippen molar-refractivity contribution in [1.29, 1.82) is 0 Å². The zero-order chi connectivity index (χ0) is 42.9. The van der Waals surface area contributed by atoms with E-state index in [0.29, 0.717) is 23.4 Å². The van der Waals surface area contributed by atoms with E-state index in [-0.39, 0.29) is 0 Å². The lowest BCUT2D eigenvalue weighted by Crippen LogP contribution is -2.28. The van der Waals surface area contributed by atoms with E-state index in [0.717, 1.165) is 72.0 Å². The van der Waals surface area contributed by atoms with E-state index < -0.39 is 5.41 Å². The Bertz CT molecular complexity index is 3660. The van der Waals surface area contributed by atoms with E-state index in [9.17, 15) is 0 Å². The highest BCUT2D eigenvalue weighted by atomic mass is 16.3. The van der Waals surface area contributed by atoms with Crippen LogP contribution in [0.3, 0.4) is 0 Å². The molecule has 0 spiro atoms. The molecule has 12 aromatic rings. The maximum atomic E-state index is 6.50. The highest BCUT2D eigenvalue weighted by Crippen LogP contribution is 2.56. The van der Waals surface area contributed by atoms with Gasteiger partial charge in [-0.15, -0.1) is 0 Å². The van der Waals surface area contributed by atoms with Crippen LogP contribution in [0.1, 0.15) is 22.3 Å². The first kappa shape index (κ1) is 36.9. The van der Waals surface area contributed by atoms with Crippen molar-refractivity contribution in [3.8, 4) is 67.9 Å². The molecule has 0 radical (unpaired) electrons. The molecule has 1 aliphatic rings. The van der Waals surface area contributed by atoms with Crippen molar-refractivity contribution in [1.82, 2.24) is 19.9 Å². The fourth-order valence-corrected chi connectivity index (χ4v) is 9.83. The molecule has 65 heavy (non-hydrogen) atoms. The summed E-state index contributed by atoms with van der Waals surface area (Å²) < 4.78 is 12.9. The summed E-state index contributed by atoms with van der Waals surface area (Å²) in [4.78, 5) is 19.8. The molecule has 304 valence electrons. The number of hydrogen-bond acceptors (Lipinski definition) is 6. The molecule has 0 saturated carbocycles. The average Bonchev–Trinajstić information content (AvgIpc) is 4.07. The molecule has 3 heterocycles. The summed E-state index contributed by atoms with van der Waals surface area (Å²) >= 11 is 0. The lowest BCUT2D eigenvalue weighted by atomic mass is 9.67. The fraction of sp³-hybridized carbons (Fsp3) is 0.0169. The Kier molecular flexibility index (Phi) is 8.33. The summed E-state index contributed by atoms with van der Waals surface area (Å²) in [6.07, 6.45) is 0. The van der Waals surface area contributed by atoms with Crippen LogP contribution in [0.2, 0.25) is 0 Å². The third-order valence-electron chi connectivity index (χ3n) is 12.9. The summed E-state index contributed by atoms with van der Waals surface area (Å²) in [5.74, 6) is 2.46. The van der Waals surface area contributed by atoms with Gasteiger partial charge in [0.05, 0.1) is 5.41 Å². The normalized spacial score (nSPS) is 12.7. The van der Waals surface area contributed by atoms with Gasteiger partial charge in [0.15, 0.2) is 23.1 Å². The van der Waals surface area contributed by atoms with Gasteiger partial charge in [0.2, 0.25) is 5.89 Å². The molecular formula is C59H36N4O2. The van der Waals surface area contributed by atoms with Gasteiger partial charge in [0.25, 0.3) is 0 Å². The molecule has 3 aromatic heterocycles. The third kappa shape index (κ3) is 5.95. The molecule has 6 nitrogen and oxygen atoms in total. The molecule has 0 bridgehead atoms. The van der Waals surface area contributed by atoms with Gasteiger partial charge in [0.1, 0.15) is 16.7 Å². The van der Waals surface area contributed by atoms with E-state index >= 15 is 0 Å². The van der Waals surface area contributed by atoms with Gasteiger partial charge in [-0.25, -0.2) is 19.9 Å². The third-order valence-corrected chi connectivity index (χ3v) is 12.9. The quantitative estimate of drug-likeness (QED) is 0.159. The number of hydrogen-bond donors (Lipinski definition) is 0. The van der Waals surface area contributed by atoms with Gasteiger partial charge in [-0.1, -0.05) is 164 Å². The van der Waals surface area contributed by atoms with Crippen molar-refractivity contribution < 1.29 is 8.83 Å². The second kappa shape index (κ2) is 14.7. The van der Waals surface area contributed by atoms with Gasteiger partial charge in [-0.3, -0.25) is 0 Å². The van der Waals surface area contributed by atoms with E-state index in [2.05, 4.69) is 115 Å². The summed E-state index contributed by atoms with van der Waals surface area (Å²) in [7, 11) is 0. The van der Waals surface area contributed by atoms with E-state index in [4.69, 9.17) is 28.8 Å². The zero-order valence-corrected chi connectivity index (χ0v) is 34.9. The monoisotopic (exact) mass is 832 g/mol. The molecule has 1 aliphatic carbocycles. The Morgan fingerprint density at radius 2 is 0.785 bits per heavy atom. The van der Waals surface area contributed by atoms with Gasteiger partial charge in [0, 0.05) is 33.0 Å². The minimum atomic E-state index is -0.601. The SMILES string of the molecule is c1ccc(-c2nc(-c3ccccc3)nc(-c3ccc4oc5ccc(-c6ccc(C7(c8ccc9nc(-c%10ccccc%10)oc9c8)c8ccccc8-c8ccccc87)cc6)cc5c4c3)n2)cc1. The topological polar surface area (TPSA) is 77.8 Å². The molecule has 0 amide bonds. The molecule has 6 heteroatoms. The maximum absolute atomic E-state index is 6.50. The Morgan fingerprint density at radius 3 is 1.38 bits per heavy atom. The van der Waals surface area contributed by atoms with E-state index in [1.54, 1.807) is 0 Å². The highest BCUT2D eigenvalue weighted by Gasteiger charge is 2.46. The van der Waals surface area contributed by atoms with Crippen molar-refractivity contribution >= 4 is 33.0 Å². The van der Waals surface area contributed by atoms with E-state index in [1.807, 2.05) is 103 Å². The van der Waals surface area contributed by atoms with Crippen LogP contribution in [-0.2, 0) is 5.41 Å². The standard InChI is InChI=1S/C59H36N4O2/c1-4-14-38(15-5-1)55-61-56(39-16-6-2-7-17-39)63-57(62-55)42-27-33-53-48(35-42)47-34-41(26-32-52(47)64-53)37-24-28-43(29-25-37)59(49-22-12-10-20-45(49)46-21-11-13-23-50(46)59)44-30-31-51-54(36-44)65-58(60-51)40-18-8-3-9-19-40/h1-36H. The lowest BCUT2D eigenvalue weighted by Gasteiger charge is -2.34. The van der Waals surface area contributed by atoms with Crippen LogP contribution >= 0.6 is 0 Å². The van der Waals surface area contributed by atoms with Crippen LogP contribution < -0.4 is 0 Å². The number of aromatic nitrogens is 4. The summed E-state index contributed by atoms with van der Waals surface area (Å²) in [6.45, 7) is 0. The highest BCUT2D eigenvalue weighted by molar-refractivity contribution is 6.07. The van der Waals surface area contributed by atoms with Crippen molar-refractivity contribution in [2.24, 2.45) is 0 Å². The predicted molar refractivity (Wildman–Crippen MR) is 259 cm³/mol. The van der Waals surface area contributed by atoms with Crippen molar-refractivity contribution in [2.75, 3.05) is 0 Å². The molecule has 9 aromatic carbocycles. The van der Waals surface area contributed by atoms with Crippen LogP contribution in [0.25, 0.3) is 101 Å². The Labute approximate surface area is 374 Å². The van der Waals surface area contributed by atoms with Gasteiger partial charge in [-0.2, -0.15) is 0 Å². The first-order valence-corrected chi connectivity index (χ1v) is 21.8. The number of benzene rings is 9. The minimum absolute atomic E-state index is 0.601. The molecule has 0 saturated heterocycles. The van der Waals surface area contributed by atoms with Crippen LogP contribution in [0, 0.1) is 0 Å². The predicted octanol–water partition coefficient (Wildman–Crippen LogP) is 14.6. The molecular weight excluding hydrogens is 797 g/mol. The summed E-state index contributed by atoms with van der Waals surface area (Å²) in [5, 5.41) is 2.02. The lowest BCUT2D eigenvalue weighted by molar-refractivity contribution is 0.618. The Hall–Kier alpha value is -8.74. The number of rotatable bonds is 7. The van der Waals surface area contributed by atoms with E-state index in [1.165, 1.54) is 27.8 Å². The molecule has 0 aliphatic heterocycles. The summed E-state index contributed by atoms with van der Waals surface area (Å²) in [5.41, 5.74) is 15.7. The molecule has 0 N–H and O–H groups in total. The maximum Gasteiger partial charge on any atom is 0.227 e. The number of furan rings is 1. The van der Waals surface area contributed by atoms with Crippen molar-refractivity contribution in [3.63, 3.8) is 0 Å². The number of nitrogens with zero attached hydrogens (tertiary/aromatic N) is 4. The average molecular weight is 833 g/mol. The molecule has 13 rings (SSSR count). The number of fused-ring (bicyclic) bond motifs is 7. The van der Waals surface area contributed by atoms with Crippen LogP contribution in [0.15, 0.2) is 227 Å². The van der Waals surface area contributed by atoms with Gasteiger partial charge >= 0.3 is 0 Å². The number of oxazole rings is 1. The Morgan fingerprint density at radius 1 is 0.308 bits per heavy atom. The molecule has 0 unspecified atom stereocenters. The molecule has 0 fully saturated rings. The van der Waals surface area contributed by atoms with Crippen LogP contribution in [-0.4, -0.2) is 19.9 Å². The molecule has 0 atom stereocenters. The zero-order valence-electron chi connectivity index (χ0n) is 34.9. The van der Waals surface area contributed by atoms with Crippen molar-refractivity contribution in [3.05, 3.63) is 241 Å². The largest absolute Gasteiger partial charge is 0.456 e. The first-order chi connectivity index (χ1) is 32.2. The second-order valence-electron chi connectivity index (χ2n) is 16.5. The smallest absolute Gasteiger partial charge is 0.227 e. The Balaban J connectivity index is 0.921. The van der Waals surface area contributed by atoms with Crippen molar-refractivity contribution in [2.45, 2.75) is 5.41 Å². The fourth-order valence-electron chi connectivity index (χ4n) is 9.83. The van der Waals surface area contributed by atoms with Crippen LogP contribution in [0.5, 0.6) is 0 Å². The first-order valence-electron chi connectivity index (χ1n) is 21.8. The minimum Gasteiger partial charge on any atom is -0.456 e. The van der Waals surface area contributed by atoms with Crippen LogP contribution in [0.4, 0.5) is 0 Å².